The van der Waals surface area contributed by atoms with Gasteiger partial charge in [-0.2, -0.15) is 0 Å². The molecule has 0 atom stereocenters. The van der Waals surface area contributed by atoms with Gasteiger partial charge in [0, 0.05) is 18.2 Å². The standard InChI is InChI=1S/C20H17FN2OS/c21-16-3-1-2-4-18(16)24-19-9-12-23-17-13-15(25-20(17)19)6-5-14-7-10-22-11-8-14/h1-4,9,12-14,22H,7-8,10-11H2. The Bertz CT molecular complexity index is 951. The number of hydrogen-bond donors (Lipinski definition) is 1. The van der Waals surface area contributed by atoms with Gasteiger partial charge in [0.05, 0.1) is 15.1 Å². The highest BCUT2D eigenvalue weighted by Gasteiger charge is 2.12. The molecule has 3 aromatic rings. The highest BCUT2D eigenvalue weighted by molar-refractivity contribution is 7.19. The molecule has 1 fully saturated rings. The number of benzene rings is 1. The Labute approximate surface area is 149 Å². The number of pyridine rings is 1. The molecule has 1 aliphatic rings. The van der Waals surface area contributed by atoms with E-state index in [0.29, 0.717) is 11.7 Å². The Morgan fingerprint density at radius 3 is 2.84 bits per heavy atom. The van der Waals surface area contributed by atoms with Crippen molar-refractivity contribution in [3.63, 3.8) is 0 Å². The molecule has 0 bridgehead atoms. The van der Waals surface area contributed by atoms with E-state index in [0.717, 1.165) is 41.0 Å². The average molecular weight is 352 g/mol. The molecular formula is C20H17FN2OS. The molecule has 0 spiro atoms. The van der Waals surface area contributed by atoms with Crippen molar-refractivity contribution in [3.05, 3.63) is 53.3 Å². The van der Waals surface area contributed by atoms with Crippen molar-refractivity contribution in [2.45, 2.75) is 12.8 Å². The zero-order valence-corrected chi connectivity index (χ0v) is 14.4. The lowest BCUT2D eigenvalue weighted by atomic mass is 9.99. The summed E-state index contributed by atoms with van der Waals surface area (Å²) < 4.78 is 20.5. The van der Waals surface area contributed by atoms with Crippen LogP contribution in [-0.2, 0) is 0 Å². The van der Waals surface area contributed by atoms with Gasteiger partial charge >= 0.3 is 0 Å². The van der Waals surface area contributed by atoms with Crippen LogP contribution in [0.4, 0.5) is 4.39 Å². The normalized spacial score (nSPS) is 14.9. The van der Waals surface area contributed by atoms with Crippen molar-refractivity contribution >= 4 is 21.6 Å². The summed E-state index contributed by atoms with van der Waals surface area (Å²) in [5.74, 6) is 7.54. The molecule has 126 valence electrons. The van der Waals surface area contributed by atoms with E-state index in [9.17, 15) is 4.39 Å². The smallest absolute Gasteiger partial charge is 0.165 e. The summed E-state index contributed by atoms with van der Waals surface area (Å²) in [4.78, 5) is 5.34. The molecule has 0 unspecified atom stereocenters. The second kappa shape index (κ2) is 7.22. The van der Waals surface area contributed by atoms with Crippen LogP contribution in [0.1, 0.15) is 17.7 Å². The van der Waals surface area contributed by atoms with E-state index in [1.807, 2.05) is 6.07 Å². The second-order valence-electron chi connectivity index (χ2n) is 5.96. The number of rotatable bonds is 2. The van der Waals surface area contributed by atoms with Crippen LogP contribution in [0.3, 0.4) is 0 Å². The lowest BCUT2D eigenvalue weighted by molar-refractivity contribution is 0.447. The molecule has 0 saturated carbocycles. The first-order valence-electron chi connectivity index (χ1n) is 8.33. The molecule has 25 heavy (non-hydrogen) atoms. The molecule has 3 nitrogen and oxygen atoms in total. The van der Waals surface area contributed by atoms with Crippen molar-refractivity contribution in [1.82, 2.24) is 10.3 Å². The van der Waals surface area contributed by atoms with Crippen LogP contribution in [0.2, 0.25) is 0 Å². The summed E-state index contributed by atoms with van der Waals surface area (Å²) in [5, 5.41) is 3.35. The summed E-state index contributed by atoms with van der Waals surface area (Å²) in [6.07, 6.45) is 3.87. The van der Waals surface area contributed by atoms with Crippen molar-refractivity contribution in [1.29, 1.82) is 0 Å². The number of nitrogens with one attached hydrogen (secondary N) is 1. The lowest BCUT2D eigenvalue weighted by Crippen LogP contribution is -2.26. The molecule has 4 rings (SSSR count). The van der Waals surface area contributed by atoms with Crippen molar-refractivity contribution in [2.75, 3.05) is 13.1 Å². The lowest BCUT2D eigenvalue weighted by Gasteiger charge is -2.17. The Morgan fingerprint density at radius 2 is 2.00 bits per heavy atom. The van der Waals surface area contributed by atoms with Crippen LogP contribution in [0.25, 0.3) is 10.2 Å². The fraction of sp³-hybridized carbons (Fsp3) is 0.250. The highest BCUT2D eigenvalue weighted by atomic mass is 32.1. The van der Waals surface area contributed by atoms with Crippen LogP contribution in [0, 0.1) is 23.6 Å². The minimum atomic E-state index is -0.380. The summed E-state index contributed by atoms with van der Waals surface area (Å²) in [7, 11) is 0. The molecule has 1 aliphatic heterocycles. The minimum absolute atomic E-state index is 0.214. The SMILES string of the molecule is Fc1ccccc1Oc1ccnc2cc(C#CC3CCNCC3)sc12. The van der Waals surface area contributed by atoms with E-state index in [-0.39, 0.29) is 11.6 Å². The molecule has 1 N–H and O–H groups in total. The van der Waals surface area contributed by atoms with Crippen LogP contribution < -0.4 is 10.1 Å². The number of nitrogens with zero attached hydrogens (tertiary/aromatic N) is 1. The van der Waals surface area contributed by atoms with Gasteiger partial charge in [-0.15, -0.1) is 11.3 Å². The molecule has 0 radical (unpaired) electrons. The van der Waals surface area contributed by atoms with Crippen LogP contribution in [0.15, 0.2) is 42.6 Å². The monoisotopic (exact) mass is 352 g/mol. The van der Waals surface area contributed by atoms with Gasteiger partial charge in [-0.1, -0.05) is 24.0 Å². The number of hydrogen-bond acceptors (Lipinski definition) is 4. The van der Waals surface area contributed by atoms with Crippen LogP contribution in [0.5, 0.6) is 11.5 Å². The first kappa shape index (κ1) is 16.1. The fourth-order valence-electron chi connectivity index (χ4n) is 2.84. The summed E-state index contributed by atoms with van der Waals surface area (Å²) in [5.41, 5.74) is 0.827. The van der Waals surface area contributed by atoms with E-state index in [1.165, 1.54) is 17.4 Å². The summed E-state index contributed by atoms with van der Waals surface area (Å²) in [6.45, 7) is 2.07. The predicted molar refractivity (Wildman–Crippen MR) is 98.6 cm³/mol. The van der Waals surface area contributed by atoms with E-state index in [4.69, 9.17) is 4.74 Å². The molecule has 3 heterocycles. The Kier molecular flexibility index (Phi) is 4.64. The number of halogens is 1. The number of para-hydroxylation sites is 1. The molecule has 5 heteroatoms. The van der Waals surface area contributed by atoms with E-state index < -0.39 is 0 Å². The fourth-order valence-corrected chi connectivity index (χ4v) is 3.77. The summed E-state index contributed by atoms with van der Waals surface area (Å²) in [6, 6.07) is 10.1. The summed E-state index contributed by atoms with van der Waals surface area (Å²) >= 11 is 1.54. The van der Waals surface area contributed by atoms with Gasteiger partial charge in [-0.3, -0.25) is 4.98 Å². The number of aromatic nitrogens is 1. The van der Waals surface area contributed by atoms with Crippen molar-refractivity contribution < 1.29 is 9.13 Å². The minimum Gasteiger partial charge on any atom is -0.453 e. The molecule has 2 aromatic heterocycles. The predicted octanol–water partition coefficient (Wildman–Crippen LogP) is 4.58. The molecule has 0 amide bonds. The zero-order chi connectivity index (χ0) is 17.1. The van der Waals surface area contributed by atoms with Crippen molar-refractivity contribution in [2.24, 2.45) is 5.92 Å². The van der Waals surface area contributed by atoms with E-state index in [2.05, 4.69) is 22.1 Å². The number of thiophene rings is 1. The quantitative estimate of drug-likeness (QED) is 0.686. The largest absolute Gasteiger partial charge is 0.453 e. The van der Waals surface area contributed by atoms with Crippen molar-refractivity contribution in [3.8, 4) is 23.3 Å². The van der Waals surface area contributed by atoms with Gasteiger partial charge in [0.1, 0.15) is 5.75 Å². The maximum atomic E-state index is 13.8. The van der Waals surface area contributed by atoms with Gasteiger partial charge < -0.3 is 10.1 Å². The number of ether oxygens (including phenoxy) is 1. The number of piperidine rings is 1. The highest BCUT2D eigenvalue weighted by Crippen LogP contribution is 2.35. The van der Waals surface area contributed by atoms with Gasteiger partial charge in [-0.25, -0.2) is 4.39 Å². The zero-order valence-electron chi connectivity index (χ0n) is 13.6. The van der Waals surface area contributed by atoms with Gasteiger partial charge in [0.25, 0.3) is 0 Å². The molecular weight excluding hydrogens is 335 g/mol. The van der Waals surface area contributed by atoms with Gasteiger partial charge in [0.15, 0.2) is 11.6 Å². The third-order valence-corrected chi connectivity index (χ3v) is 5.23. The van der Waals surface area contributed by atoms with Crippen LogP contribution >= 0.6 is 11.3 Å². The Balaban J connectivity index is 1.62. The first-order valence-corrected chi connectivity index (χ1v) is 9.14. The maximum Gasteiger partial charge on any atom is 0.165 e. The molecule has 1 aromatic carbocycles. The van der Waals surface area contributed by atoms with Gasteiger partial charge in [-0.05, 0) is 44.1 Å². The van der Waals surface area contributed by atoms with Crippen LogP contribution in [-0.4, -0.2) is 18.1 Å². The second-order valence-corrected chi connectivity index (χ2v) is 7.01. The molecule has 0 aliphatic carbocycles. The number of fused-ring (bicyclic) bond motifs is 1. The van der Waals surface area contributed by atoms with E-state index in [1.54, 1.807) is 30.5 Å². The topological polar surface area (TPSA) is 34.1 Å². The third-order valence-electron chi connectivity index (χ3n) is 4.17. The first-order chi connectivity index (χ1) is 12.3. The third kappa shape index (κ3) is 3.65. The Hall–Kier alpha value is -2.42. The van der Waals surface area contributed by atoms with E-state index >= 15 is 0 Å². The molecule has 1 saturated heterocycles. The Morgan fingerprint density at radius 1 is 1.16 bits per heavy atom. The average Bonchev–Trinajstić information content (AvgIpc) is 3.07. The van der Waals surface area contributed by atoms with Gasteiger partial charge in [0.2, 0.25) is 0 Å². The maximum absolute atomic E-state index is 13.8.